The third-order valence-electron chi connectivity index (χ3n) is 5.69. The van der Waals surface area contributed by atoms with Gasteiger partial charge in [-0.25, -0.2) is 8.78 Å². The average Bonchev–Trinajstić information content (AvgIpc) is 3.34. The van der Waals surface area contributed by atoms with Crippen molar-refractivity contribution in [1.82, 2.24) is 9.47 Å². The molecule has 1 aromatic heterocycles. The van der Waals surface area contributed by atoms with Gasteiger partial charge in [-0.1, -0.05) is 48.5 Å². The van der Waals surface area contributed by atoms with Crippen LogP contribution in [0.25, 0.3) is 17.0 Å². The van der Waals surface area contributed by atoms with Crippen LogP contribution in [-0.4, -0.2) is 27.2 Å². The molecule has 0 atom stereocenters. The fourth-order valence-electron chi connectivity index (χ4n) is 3.97. The molecular formula is C27H20F2N2O3S. The SMILES string of the molecule is O=C1S/C(=C\c2cn(CCOc3ccccc3F)c3ccccc23)C(=O)N1Cc1ccccc1F. The number of amides is 2. The number of imide groups is 1. The molecule has 0 spiro atoms. The molecule has 2 amide bonds. The van der Waals surface area contributed by atoms with Gasteiger partial charge in [0.2, 0.25) is 0 Å². The summed E-state index contributed by atoms with van der Waals surface area (Å²) in [6, 6.07) is 20.0. The number of hydrogen-bond acceptors (Lipinski definition) is 4. The molecule has 0 unspecified atom stereocenters. The number of halogens is 2. The van der Waals surface area contributed by atoms with Crippen LogP contribution in [0.4, 0.5) is 13.6 Å². The van der Waals surface area contributed by atoms with Crippen LogP contribution in [0.3, 0.4) is 0 Å². The van der Waals surface area contributed by atoms with Gasteiger partial charge in [0.05, 0.1) is 18.0 Å². The second-order valence-corrected chi connectivity index (χ2v) is 8.93. The van der Waals surface area contributed by atoms with Crippen LogP contribution in [0, 0.1) is 11.6 Å². The van der Waals surface area contributed by atoms with Crippen LogP contribution in [0.5, 0.6) is 5.75 Å². The summed E-state index contributed by atoms with van der Waals surface area (Å²) in [4.78, 5) is 26.8. The summed E-state index contributed by atoms with van der Waals surface area (Å²) in [6.07, 6.45) is 3.56. The molecule has 5 rings (SSSR count). The summed E-state index contributed by atoms with van der Waals surface area (Å²) in [5.41, 5.74) is 1.96. The monoisotopic (exact) mass is 490 g/mol. The summed E-state index contributed by atoms with van der Waals surface area (Å²) in [7, 11) is 0. The molecular weight excluding hydrogens is 470 g/mol. The first-order valence-corrected chi connectivity index (χ1v) is 11.8. The normalized spacial score (nSPS) is 14.9. The number of benzene rings is 3. The van der Waals surface area contributed by atoms with Crippen molar-refractivity contribution in [2.24, 2.45) is 0 Å². The molecule has 0 radical (unpaired) electrons. The Balaban J connectivity index is 1.37. The van der Waals surface area contributed by atoms with Crippen molar-refractivity contribution in [3.05, 3.63) is 107 Å². The standard InChI is InChI=1S/C27H20F2N2O3S/c28-21-9-3-1-7-18(21)17-31-26(32)25(35-27(31)33)15-19-16-30(23-11-5-2-8-20(19)23)13-14-34-24-12-6-4-10-22(24)29/h1-12,15-16H,13-14,17H2/b25-15-. The average molecular weight is 491 g/mol. The van der Waals surface area contributed by atoms with Crippen molar-refractivity contribution in [3.8, 4) is 5.75 Å². The smallest absolute Gasteiger partial charge is 0.293 e. The number of carbonyl (C=O) groups is 2. The van der Waals surface area contributed by atoms with Gasteiger partial charge in [0.15, 0.2) is 11.6 Å². The highest BCUT2D eigenvalue weighted by Crippen LogP contribution is 2.35. The number of fused-ring (bicyclic) bond motifs is 1. The van der Waals surface area contributed by atoms with Crippen LogP contribution in [-0.2, 0) is 17.9 Å². The number of ether oxygens (including phenoxy) is 1. The first-order chi connectivity index (χ1) is 17.0. The lowest BCUT2D eigenvalue weighted by Gasteiger charge is -2.12. The van der Waals surface area contributed by atoms with E-state index in [0.29, 0.717) is 6.54 Å². The van der Waals surface area contributed by atoms with Crippen LogP contribution >= 0.6 is 11.8 Å². The molecule has 0 bridgehead atoms. The largest absolute Gasteiger partial charge is 0.489 e. The maximum atomic E-state index is 14.0. The number of hydrogen-bond donors (Lipinski definition) is 0. The third-order valence-corrected chi connectivity index (χ3v) is 6.60. The van der Waals surface area contributed by atoms with Gasteiger partial charge >= 0.3 is 0 Å². The fourth-order valence-corrected chi connectivity index (χ4v) is 4.79. The molecule has 1 aliphatic rings. The number of carbonyl (C=O) groups excluding carboxylic acids is 2. The lowest BCUT2D eigenvalue weighted by Crippen LogP contribution is -2.27. The van der Waals surface area contributed by atoms with E-state index in [0.717, 1.165) is 33.1 Å². The number of nitrogens with zero attached hydrogens (tertiary/aromatic N) is 2. The molecule has 1 aliphatic heterocycles. The zero-order valence-electron chi connectivity index (χ0n) is 18.5. The minimum Gasteiger partial charge on any atom is -0.489 e. The van der Waals surface area contributed by atoms with E-state index in [4.69, 9.17) is 4.74 Å². The summed E-state index contributed by atoms with van der Waals surface area (Å²) >= 11 is 0.837. The van der Waals surface area contributed by atoms with Gasteiger partial charge in [-0.3, -0.25) is 14.5 Å². The molecule has 0 saturated carbocycles. The molecule has 3 aromatic carbocycles. The fraction of sp³-hybridized carbons (Fsp3) is 0.111. The molecule has 8 heteroatoms. The Hall–Kier alpha value is -3.91. The van der Waals surface area contributed by atoms with Gasteiger partial charge < -0.3 is 9.30 Å². The first-order valence-electron chi connectivity index (χ1n) is 11.0. The van der Waals surface area contributed by atoms with E-state index in [1.807, 2.05) is 35.0 Å². The van der Waals surface area contributed by atoms with E-state index in [2.05, 4.69) is 0 Å². The van der Waals surface area contributed by atoms with E-state index in [-0.39, 0.29) is 29.4 Å². The van der Waals surface area contributed by atoms with Gasteiger partial charge in [-0.2, -0.15) is 0 Å². The first kappa shape index (κ1) is 22.9. The number of para-hydroxylation sites is 2. The Kier molecular flexibility index (Phi) is 6.37. The molecule has 35 heavy (non-hydrogen) atoms. The van der Waals surface area contributed by atoms with Crippen molar-refractivity contribution in [1.29, 1.82) is 0 Å². The second-order valence-electron chi connectivity index (χ2n) is 7.93. The molecule has 1 fully saturated rings. The minimum absolute atomic E-state index is 0.121. The lowest BCUT2D eigenvalue weighted by molar-refractivity contribution is -0.123. The Morgan fingerprint density at radius 1 is 0.886 bits per heavy atom. The molecule has 2 heterocycles. The minimum atomic E-state index is -0.462. The van der Waals surface area contributed by atoms with Gasteiger partial charge in [0, 0.05) is 28.2 Å². The Bertz CT molecular complexity index is 1460. The van der Waals surface area contributed by atoms with Gasteiger partial charge in [0.25, 0.3) is 11.1 Å². The third kappa shape index (κ3) is 4.70. The lowest BCUT2D eigenvalue weighted by atomic mass is 10.1. The number of aromatic nitrogens is 1. The van der Waals surface area contributed by atoms with E-state index in [1.165, 1.54) is 12.1 Å². The molecule has 0 N–H and O–H groups in total. The summed E-state index contributed by atoms with van der Waals surface area (Å²) in [6.45, 7) is 0.583. The Morgan fingerprint density at radius 3 is 2.40 bits per heavy atom. The van der Waals surface area contributed by atoms with E-state index < -0.39 is 22.8 Å². The number of rotatable bonds is 7. The molecule has 1 saturated heterocycles. The number of thioether (sulfide) groups is 1. The molecule has 176 valence electrons. The van der Waals surface area contributed by atoms with Crippen LogP contribution in [0.2, 0.25) is 0 Å². The zero-order chi connectivity index (χ0) is 24.4. The summed E-state index contributed by atoms with van der Waals surface area (Å²) in [5, 5.41) is 0.464. The maximum absolute atomic E-state index is 14.0. The predicted octanol–water partition coefficient (Wildman–Crippen LogP) is 6.24. The molecule has 4 aromatic rings. The maximum Gasteiger partial charge on any atom is 0.293 e. The molecule has 0 aliphatic carbocycles. The van der Waals surface area contributed by atoms with Crippen molar-refractivity contribution >= 4 is 39.9 Å². The zero-order valence-corrected chi connectivity index (χ0v) is 19.3. The highest BCUT2D eigenvalue weighted by atomic mass is 32.2. The van der Waals surface area contributed by atoms with E-state index >= 15 is 0 Å². The van der Waals surface area contributed by atoms with Crippen molar-refractivity contribution in [2.45, 2.75) is 13.1 Å². The van der Waals surface area contributed by atoms with Crippen LogP contribution < -0.4 is 4.74 Å². The summed E-state index contributed by atoms with van der Waals surface area (Å²) in [5.74, 6) is -1.15. The Morgan fingerprint density at radius 2 is 1.60 bits per heavy atom. The van der Waals surface area contributed by atoms with Gasteiger partial charge in [0.1, 0.15) is 12.4 Å². The van der Waals surface area contributed by atoms with Gasteiger partial charge in [-0.05, 0) is 42.1 Å². The van der Waals surface area contributed by atoms with Gasteiger partial charge in [-0.15, -0.1) is 0 Å². The Labute approximate surface area is 204 Å². The second kappa shape index (κ2) is 9.76. The van der Waals surface area contributed by atoms with E-state index in [1.54, 1.807) is 42.5 Å². The van der Waals surface area contributed by atoms with Crippen LogP contribution in [0.15, 0.2) is 83.9 Å². The quantitative estimate of drug-likeness (QED) is 0.288. The topological polar surface area (TPSA) is 51.5 Å². The van der Waals surface area contributed by atoms with Crippen molar-refractivity contribution in [3.63, 3.8) is 0 Å². The van der Waals surface area contributed by atoms with Crippen LogP contribution in [0.1, 0.15) is 11.1 Å². The van der Waals surface area contributed by atoms with Crippen molar-refractivity contribution in [2.75, 3.05) is 6.61 Å². The predicted molar refractivity (Wildman–Crippen MR) is 132 cm³/mol. The molecule has 5 nitrogen and oxygen atoms in total. The highest BCUT2D eigenvalue weighted by molar-refractivity contribution is 8.18. The van der Waals surface area contributed by atoms with Crippen molar-refractivity contribution < 1.29 is 23.1 Å². The van der Waals surface area contributed by atoms with E-state index in [9.17, 15) is 18.4 Å². The highest BCUT2D eigenvalue weighted by Gasteiger charge is 2.35. The summed E-state index contributed by atoms with van der Waals surface area (Å²) < 4.78 is 35.4.